The van der Waals surface area contributed by atoms with Crippen LogP contribution in [0.4, 0.5) is 48.1 Å². The van der Waals surface area contributed by atoms with E-state index < -0.39 is 57.5 Å². The number of aromatic nitrogens is 6. The first-order valence-electron chi connectivity index (χ1n) is 29.3. The minimum absolute atomic E-state index is 0.000463. The van der Waals surface area contributed by atoms with Crippen molar-refractivity contribution < 1.29 is 56.7 Å². The molecule has 0 saturated carbocycles. The van der Waals surface area contributed by atoms with Gasteiger partial charge in [0.05, 0.1) is 51.2 Å². The van der Waals surface area contributed by atoms with E-state index in [1.807, 2.05) is 12.1 Å². The molecule has 9 aromatic rings. The average molecular weight is 1370 g/mol. The Kier molecular flexibility index (Phi) is 25.9. The van der Waals surface area contributed by atoms with Crippen LogP contribution in [-0.4, -0.2) is 94.8 Å². The highest BCUT2D eigenvalue weighted by molar-refractivity contribution is 6.31. The summed E-state index contributed by atoms with van der Waals surface area (Å²) in [5.74, 6) is -3.86. The van der Waals surface area contributed by atoms with Gasteiger partial charge in [-0.1, -0.05) is 71.2 Å². The summed E-state index contributed by atoms with van der Waals surface area (Å²) in [5.41, 5.74) is 0.244. The molecule has 0 spiro atoms. The molecule has 0 aliphatic carbocycles. The van der Waals surface area contributed by atoms with Gasteiger partial charge in [-0.15, -0.1) is 0 Å². The van der Waals surface area contributed by atoms with Crippen LogP contribution in [0.2, 0.25) is 15.1 Å². The number of ether oxygens (including phenoxy) is 4. The van der Waals surface area contributed by atoms with Gasteiger partial charge in [0, 0.05) is 75.5 Å². The number of halogens is 6. The third-order valence-electron chi connectivity index (χ3n) is 12.8. The number of carbonyl (C=O) groups is 3. The standard InChI is InChI=1S/C23H24ClFN4O4.C23H23ClFN3O4.C21H19ClFN3O4/c1-14(2)33-20-8-7-17(11-19(20)25)27-23-28-22(32)18(21(31)26-9-10-30)13-29(23)12-15-3-5-16(24)6-4-15;1-4-31-22(30)18-13-28(12-15-5-7-16(24)8-6-15)23(27-21(18)29)26-17-9-10-20(19(25)11-17)32-14(2)3;1-12(2)30-18-8-7-15(9-17(18)23)24-21-25-19(27)16(20(28)29)11-26(21)10-13-3-5-14(22)6-4-13/h3-8,11,13-14,30H,9-10,12H2,1-2H3,(H,26,31)(H,27,28,32);5-11,13-14H,4,12H2,1-3H3,(H,26,27,29);3-9,11-12H,10H2,1-2H3,(H,28,29)(H,24,25,27). The molecule has 0 saturated heterocycles. The van der Waals surface area contributed by atoms with Crippen molar-refractivity contribution in [1.82, 2.24) is 34.0 Å². The third kappa shape index (κ3) is 21.4. The lowest BCUT2D eigenvalue weighted by Gasteiger charge is -2.16. The molecule has 1 amide bonds. The number of carboxylic acid groups (broad SMARTS) is 1. The lowest BCUT2D eigenvalue weighted by atomic mass is 10.2. The Morgan fingerprint density at radius 2 is 0.811 bits per heavy atom. The number of carboxylic acids is 1. The van der Waals surface area contributed by atoms with E-state index >= 15 is 0 Å². The predicted octanol–water partition coefficient (Wildman–Crippen LogP) is 12.4. The van der Waals surface area contributed by atoms with E-state index in [0.29, 0.717) is 32.1 Å². The van der Waals surface area contributed by atoms with Gasteiger partial charge in [0.15, 0.2) is 34.7 Å². The number of nitrogens with one attached hydrogen (secondary N) is 4. The number of rotatable bonds is 24. The van der Waals surface area contributed by atoms with Gasteiger partial charge in [0.25, 0.3) is 22.6 Å². The predicted molar refractivity (Wildman–Crippen MR) is 356 cm³/mol. The highest BCUT2D eigenvalue weighted by Gasteiger charge is 2.21. The maximum Gasteiger partial charge on any atom is 0.345 e. The number of carbonyl (C=O) groups excluding carboxylic acids is 2. The molecule has 0 unspecified atom stereocenters. The van der Waals surface area contributed by atoms with Gasteiger partial charge in [-0.3, -0.25) is 19.2 Å². The van der Waals surface area contributed by atoms with Gasteiger partial charge in [0.2, 0.25) is 17.8 Å². The molecule has 0 aliphatic rings. The van der Waals surface area contributed by atoms with E-state index in [-0.39, 0.29) is 104 Å². The number of aromatic carboxylic acids is 1. The Bertz CT molecular complexity index is 4350. The lowest BCUT2D eigenvalue weighted by Crippen LogP contribution is -2.33. The van der Waals surface area contributed by atoms with E-state index in [0.717, 1.165) is 16.7 Å². The van der Waals surface area contributed by atoms with Crippen LogP contribution in [0, 0.1) is 17.5 Å². The van der Waals surface area contributed by atoms with Crippen LogP contribution < -0.4 is 52.2 Å². The van der Waals surface area contributed by atoms with Crippen LogP contribution in [0.1, 0.15) is 96.2 Å². The summed E-state index contributed by atoms with van der Waals surface area (Å²) in [5, 5.41) is 31.1. The Labute approximate surface area is 557 Å². The SMILES string of the molecule is CC(C)Oc1ccc(Nc2nc(=O)c(C(=O)NCCO)cn2Cc2ccc(Cl)cc2)cc1F.CC(C)Oc1ccc(Nc2nc(=O)c(C(=O)O)cn2Cc2ccc(Cl)cc2)cc1F.CCOC(=O)c1cn(Cc2ccc(Cl)cc2)c(Nc2ccc(OC(C)C)c(F)c2)nc1=O. The first kappa shape index (κ1) is 72.2. The number of anilines is 6. The number of nitrogens with zero attached hydrogens (tertiary/aromatic N) is 6. The van der Waals surface area contributed by atoms with Crippen molar-refractivity contribution >= 4 is 87.6 Å². The molecule has 9 rings (SSSR count). The maximum atomic E-state index is 14.4. The van der Waals surface area contributed by atoms with Crippen molar-refractivity contribution in [2.45, 2.75) is 86.4 Å². The van der Waals surface area contributed by atoms with Crippen molar-refractivity contribution in [2.24, 2.45) is 0 Å². The maximum absolute atomic E-state index is 14.4. The third-order valence-corrected chi connectivity index (χ3v) is 13.6. The molecule has 95 heavy (non-hydrogen) atoms. The van der Waals surface area contributed by atoms with E-state index in [1.54, 1.807) is 136 Å². The van der Waals surface area contributed by atoms with Gasteiger partial charge in [-0.25, -0.2) is 22.8 Å². The average Bonchev–Trinajstić information content (AvgIpc) is 0.829. The van der Waals surface area contributed by atoms with Crippen LogP contribution in [0.3, 0.4) is 0 Å². The molecule has 3 heterocycles. The second-order valence-electron chi connectivity index (χ2n) is 21.4. The minimum atomic E-state index is -1.38. The first-order chi connectivity index (χ1) is 45.2. The number of amides is 1. The number of esters is 1. The van der Waals surface area contributed by atoms with Gasteiger partial charge >= 0.3 is 11.9 Å². The molecular formula is C67H66Cl3F3N10O12. The van der Waals surface area contributed by atoms with Crippen molar-refractivity contribution in [3.8, 4) is 17.2 Å². The highest BCUT2D eigenvalue weighted by atomic mass is 35.5. The molecule has 6 aromatic carbocycles. The van der Waals surface area contributed by atoms with Crippen LogP contribution in [0.15, 0.2) is 160 Å². The van der Waals surface area contributed by atoms with E-state index in [9.17, 15) is 47.0 Å². The first-order valence-corrected chi connectivity index (χ1v) is 30.5. The second-order valence-corrected chi connectivity index (χ2v) is 22.7. The van der Waals surface area contributed by atoms with E-state index in [2.05, 4.69) is 36.2 Å². The lowest BCUT2D eigenvalue weighted by molar-refractivity contribution is 0.0522. The van der Waals surface area contributed by atoms with Crippen LogP contribution >= 0.6 is 34.8 Å². The highest BCUT2D eigenvalue weighted by Crippen LogP contribution is 2.28. The fourth-order valence-corrected chi connectivity index (χ4v) is 8.96. The van der Waals surface area contributed by atoms with Gasteiger partial charge in [-0.2, -0.15) is 15.0 Å². The van der Waals surface area contributed by atoms with Crippen molar-refractivity contribution in [3.05, 3.63) is 243 Å². The van der Waals surface area contributed by atoms with Crippen LogP contribution in [-0.2, 0) is 24.4 Å². The molecule has 3 aromatic heterocycles. The van der Waals surface area contributed by atoms with Crippen LogP contribution in [0.25, 0.3) is 0 Å². The Balaban J connectivity index is 0.000000202. The van der Waals surface area contributed by atoms with E-state index in [1.165, 1.54) is 59.6 Å². The Morgan fingerprint density at radius 3 is 1.12 bits per heavy atom. The molecule has 0 aliphatic heterocycles. The molecule has 6 N–H and O–H groups in total. The molecule has 498 valence electrons. The summed E-state index contributed by atoms with van der Waals surface area (Å²) in [4.78, 5) is 84.8. The number of hydrogen-bond donors (Lipinski definition) is 6. The molecule has 28 heteroatoms. The minimum Gasteiger partial charge on any atom is -0.488 e. The van der Waals surface area contributed by atoms with Crippen molar-refractivity contribution in [3.63, 3.8) is 0 Å². The zero-order valence-corrected chi connectivity index (χ0v) is 54.5. The normalized spacial score (nSPS) is 10.8. The molecule has 22 nitrogen and oxygen atoms in total. The van der Waals surface area contributed by atoms with Gasteiger partial charge < -0.3 is 64.1 Å². The molecular weight excluding hydrogens is 1300 g/mol. The summed E-state index contributed by atoms with van der Waals surface area (Å²) in [6.07, 6.45) is 3.39. The quantitative estimate of drug-likeness (QED) is 0.0307. The summed E-state index contributed by atoms with van der Waals surface area (Å²) in [6.45, 7) is 13.0. The number of aliphatic hydroxyl groups is 1. The van der Waals surface area contributed by atoms with Gasteiger partial charge in [0.1, 0.15) is 16.7 Å². The fraction of sp³-hybridized carbons (Fsp3) is 0.239. The molecule has 0 radical (unpaired) electrons. The van der Waals surface area contributed by atoms with Gasteiger partial charge in [-0.05, 0) is 138 Å². The monoisotopic (exact) mass is 1360 g/mol. The molecule has 0 fully saturated rings. The Hall–Kier alpha value is -10.2. The topological polar surface area (TPSA) is 281 Å². The fourth-order valence-electron chi connectivity index (χ4n) is 8.59. The summed E-state index contributed by atoms with van der Waals surface area (Å²) < 4.78 is 68.9. The smallest absolute Gasteiger partial charge is 0.345 e. The zero-order valence-electron chi connectivity index (χ0n) is 52.3. The number of hydrogen-bond acceptors (Lipinski definition) is 17. The second kappa shape index (κ2) is 34.1. The Morgan fingerprint density at radius 1 is 0.495 bits per heavy atom. The largest absolute Gasteiger partial charge is 0.488 e. The van der Waals surface area contributed by atoms with Crippen molar-refractivity contribution in [2.75, 3.05) is 35.7 Å². The number of benzene rings is 6. The summed E-state index contributed by atoms with van der Waals surface area (Å²) in [6, 6.07) is 34.0. The summed E-state index contributed by atoms with van der Waals surface area (Å²) >= 11 is 17.8. The molecule has 0 atom stereocenters. The van der Waals surface area contributed by atoms with Crippen molar-refractivity contribution in [1.29, 1.82) is 0 Å². The van der Waals surface area contributed by atoms with E-state index in [4.69, 9.17) is 58.9 Å². The molecule has 0 bridgehead atoms. The number of aliphatic hydroxyl groups excluding tert-OH is 1. The van der Waals surface area contributed by atoms with Crippen LogP contribution in [0.5, 0.6) is 17.2 Å². The zero-order chi connectivity index (χ0) is 69.0. The summed E-state index contributed by atoms with van der Waals surface area (Å²) in [7, 11) is 0.